The van der Waals surface area contributed by atoms with Crippen LogP contribution in [0, 0.1) is 11.8 Å². The molecular weight excluding hydrogens is 302 g/mol. The Labute approximate surface area is 133 Å². The molecule has 7 nitrogen and oxygen atoms in total. The van der Waals surface area contributed by atoms with Crippen molar-refractivity contribution in [2.75, 3.05) is 19.5 Å². The number of ether oxygens (including phenoxy) is 3. The van der Waals surface area contributed by atoms with E-state index in [1.165, 1.54) is 14.2 Å². The molecule has 2 aliphatic heterocycles. The van der Waals surface area contributed by atoms with E-state index in [0.717, 1.165) is 0 Å². The Bertz CT molecular complexity index is 631. The summed E-state index contributed by atoms with van der Waals surface area (Å²) in [5.41, 5.74) is 0.507. The largest absolute Gasteiger partial charge is 0.550 e. The van der Waals surface area contributed by atoms with Crippen molar-refractivity contribution in [3.63, 3.8) is 0 Å². The summed E-state index contributed by atoms with van der Waals surface area (Å²) in [5.74, 6) is -2.21. The average Bonchev–Trinajstić information content (AvgIpc) is 3.15. The van der Waals surface area contributed by atoms with Crippen molar-refractivity contribution in [3.05, 3.63) is 18.2 Å². The number of rotatable bonds is 5. The number of methoxy groups -OCH3 is 2. The van der Waals surface area contributed by atoms with Gasteiger partial charge in [0.2, 0.25) is 5.91 Å². The fraction of sp³-hybridized carbons (Fsp3) is 0.500. The highest BCUT2D eigenvalue weighted by atomic mass is 16.5. The van der Waals surface area contributed by atoms with Gasteiger partial charge in [-0.25, -0.2) is 0 Å². The molecule has 23 heavy (non-hydrogen) atoms. The molecule has 0 saturated carbocycles. The summed E-state index contributed by atoms with van der Waals surface area (Å²) < 4.78 is 15.9. The summed E-state index contributed by atoms with van der Waals surface area (Å²) in [7, 11) is 3.02. The van der Waals surface area contributed by atoms with Crippen LogP contribution in [0.5, 0.6) is 11.5 Å². The van der Waals surface area contributed by atoms with Gasteiger partial charge in [0.25, 0.3) is 0 Å². The van der Waals surface area contributed by atoms with Crippen LogP contribution in [-0.4, -0.2) is 38.3 Å². The highest BCUT2D eigenvalue weighted by Gasteiger charge is 2.52. The van der Waals surface area contributed by atoms with Gasteiger partial charge in [-0.3, -0.25) is 4.79 Å². The third kappa shape index (κ3) is 2.72. The first-order chi connectivity index (χ1) is 11.0. The Morgan fingerprint density at radius 2 is 1.78 bits per heavy atom. The van der Waals surface area contributed by atoms with Crippen LogP contribution in [0.1, 0.15) is 12.8 Å². The quantitative estimate of drug-likeness (QED) is 0.831. The van der Waals surface area contributed by atoms with Gasteiger partial charge in [0.1, 0.15) is 0 Å². The number of carboxylic acids is 1. The van der Waals surface area contributed by atoms with Crippen LogP contribution in [0.2, 0.25) is 0 Å². The van der Waals surface area contributed by atoms with Crippen LogP contribution in [-0.2, 0) is 14.3 Å². The second kappa shape index (κ2) is 6.08. The molecule has 1 N–H and O–H groups in total. The zero-order valence-corrected chi connectivity index (χ0v) is 12.9. The molecule has 0 aromatic heterocycles. The normalized spacial score (nSPS) is 28.4. The van der Waals surface area contributed by atoms with Gasteiger partial charge in [0, 0.05) is 23.6 Å². The molecule has 2 fully saturated rings. The number of aliphatic carboxylic acids is 1. The lowest BCUT2D eigenvalue weighted by Crippen LogP contribution is -2.46. The summed E-state index contributed by atoms with van der Waals surface area (Å²) in [6, 6.07) is 4.96. The minimum absolute atomic E-state index is 0.358. The molecule has 2 bridgehead atoms. The van der Waals surface area contributed by atoms with Gasteiger partial charge in [-0.2, -0.15) is 0 Å². The Balaban J connectivity index is 1.78. The number of anilines is 1. The summed E-state index contributed by atoms with van der Waals surface area (Å²) in [6.07, 6.45) is 0.566. The molecule has 7 heteroatoms. The zero-order valence-electron chi connectivity index (χ0n) is 12.9. The molecule has 124 valence electrons. The predicted octanol–water partition coefficient (Wildman–Crippen LogP) is 0.186. The van der Waals surface area contributed by atoms with Crippen molar-refractivity contribution in [2.24, 2.45) is 11.8 Å². The number of carboxylic acid groups (broad SMARTS) is 1. The molecule has 1 aromatic carbocycles. The van der Waals surface area contributed by atoms with Gasteiger partial charge in [-0.1, -0.05) is 0 Å². The van der Waals surface area contributed by atoms with Crippen molar-refractivity contribution in [1.29, 1.82) is 0 Å². The highest BCUT2D eigenvalue weighted by molar-refractivity contribution is 5.96. The molecule has 1 amide bonds. The molecule has 0 spiro atoms. The third-order valence-corrected chi connectivity index (χ3v) is 4.50. The minimum atomic E-state index is -1.23. The highest BCUT2D eigenvalue weighted by Crippen LogP contribution is 2.43. The Morgan fingerprint density at radius 3 is 2.39 bits per heavy atom. The first kappa shape index (κ1) is 15.6. The lowest BCUT2D eigenvalue weighted by atomic mass is 9.78. The fourth-order valence-electron chi connectivity index (χ4n) is 3.45. The molecule has 0 unspecified atom stereocenters. The van der Waals surface area contributed by atoms with Crippen molar-refractivity contribution < 1.29 is 28.9 Å². The van der Waals surface area contributed by atoms with Crippen molar-refractivity contribution in [1.82, 2.24) is 0 Å². The van der Waals surface area contributed by atoms with E-state index in [1.807, 2.05) is 0 Å². The van der Waals surface area contributed by atoms with E-state index >= 15 is 0 Å². The number of carbonyl (C=O) groups is 2. The molecular formula is C16H18NO6-. The molecule has 1 aromatic rings. The van der Waals surface area contributed by atoms with E-state index in [0.29, 0.717) is 30.0 Å². The van der Waals surface area contributed by atoms with E-state index in [2.05, 4.69) is 5.32 Å². The maximum Gasteiger partial charge on any atom is 0.230 e. The number of carbonyl (C=O) groups excluding carboxylic acids is 2. The van der Waals surface area contributed by atoms with Gasteiger partial charge in [-0.15, -0.1) is 0 Å². The van der Waals surface area contributed by atoms with E-state index < -0.39 is 23.9 Å². The number of fused-ring (bicyclic) bond motifs is 2. The van der Waals surface area contributed by atoms with E-state index in [4.69, 9.17) is 14.2 Å². The molecule has 2 heterocycles. The second-order valence-electron chi connectivity index (χ2n) is 5.72. The maximum absolute atomic E-state index is 12.5. The number of benzene rings is 1. The Kier molecular flexibility index (Phi) is 4.12. The summed E-state index contributed by atoms with van der Waals surface area (Å²) in [5, 5.41) is 14.1. The fourth-order valence-corrected chi connectivity index (χ4v) is 3.45. The number of hydrogen-bond acceptors (Lipinski definition) is 6. The standard InChI is InChI=1S/C16H19NO6/c1-21-9-4-3-8(7-12(9)22-2)17-15(18)13-10-5-6-11(23-10)14(13)16(19)20/h3-4,7,10-11,13-14H,5-6H2,1-2H3,(H,17,18)(H,19,20)/p-1/t10-,11+,13+,14+/m1/s1. The minimum Gasteiger partial charge on any atom is -0.550 e. The summed E-state index contributed by atoms with van der Waals surface area (Å²) in [6.45, 7) is 0. The lowest BCUT2D eigenvalue weighted by molar-refractivity contribution is -0.313. The van der Waals surface area contributed by atoms with Gasteiger partial charge in [0.05, 0.1) is 32.3 Å². The summed E-state index contributed by atoms with van der Waals surface area (Å²) in [4.78, 5) is 23.9. The molecule has 0 radical (unpaired) electrons. The first-order valence-corrected chi connectivity index (χ1v) is 7.44. The van der Waals surface area contributed by atoms with Gasteiger partial charge in [-0.05, 0) is 25.0 Å². The molecule has 4 atom stereocenters. The van der Waals surface area contributed by atoms with Crippen LogP contribution in [0.15, 0.2) is 18.2 Å². The molecule has 2 saturated heterocycles. The van der Waals surface area contributed by atoms with Gasteiger partial charge >= 0.3 is 0 Å². The third-order valence-electron chi connectivity index (χ3n) is 4.50. The monoisotopic (exact) mass is 320 g/mol. The SMILES string of the molecule is COc1ccc(NC(=O)[C@@H]2[C@@H](C(=O)[O-])[C@@H]3CC[C@H]2O3)cc1OC. The maximum atomic E-state index is 12.5. The van der Waals surface area contributed by atoms with E-state index in [1.54, 1.807) is 18.2 Å². The molecule has 0 aliphatic carbocycles. The van der Waals surface area contributed by atoms with Gasteiger partial charge in [0.15, 0.2) is 11.5 Å². The van der Waals surface area contributed by atoms with E-state index in [9.17, 15) is 14.7 Å². The molecule has 2 aliphatic rings. The zero-order chi connectivity index (χ0) is 16.6. The van der Waals surface area contributed by atoms with Crippen LogP contribution in [0.4, 0.5) is 5.69 Å². The number of nitrogens with one attached hydrogen (secondary N) is 1. The van der Waals surface area contributed by atoms with Crippen LogP contribution < -0.4 is 19.9 Å². The second-order valence-corrected chi connectivity index (χ2v) is 5.72. The van der Waals surface area contributed by atoms with Crippen molar-refractivity contribution >= 4 is 17.6 Å². The molecule has 3 rings (SSSR count). The van der Waals surface area contributed by atoms with Crippen LogP contribution in [0.3, 0.4) is 0 Å². The van der Waals surface area contributed by atoms with Crippen LogP contribution >= 0.6 is 0 Å². The van der Waals surface area contributed by atoms with Crippen molar-refractivity contribution in [3.8, 4) is 11.5 Å². The Morgan fingerprint density at radius 1 is 1.13 bits per heavy atom. The first-order valence-electron chi connectivity index (χ1n) is 7.44. The topological polar surface area (TPSA) is 96.9 Å². The predicted molar refractivity (Wildman–Crippen MR) is 78.1 cm³/mol. The van der Waals surface area contributed by atoms with Crippen LogP contribution in [0.25, 0.3) is 0 Å². The Hall–Kier alpha value is -2.28. The van der Waals surface area contributed by atoms with Crippen molar-refractivity contribution in [2.45, 2.75) is 25.0 Å². The number of hydrogen-bond donors (Lipinski definition) is 1. The lowest BCUT2D eigenvalue weighted by Gasteiger charge is -2.27. The average molecular weight is 320 g/mol. The number of amides is 1. The summed E-state index contributed by atoms with van der Waals surface area (Å²) >= 11 is 0. The van der Waals surface area contributed by atoms with E-state index in [-0.39, 0.29) is 12.0 Å². The van der Waals surface area contributed by atoms with Gasteiger partial charge < -0.3 is 29.4 Å². The smallest absolute Gasteiger partial charge is 0.230 e.